The molecule has 3 rings (SSSR count). The Kier molecular flexibility index (Phi) is 9.37. The maximum absolute atomic E-state index is 13.0. The van der Waals surface area contributed by atoms with E-state index in [4.69, 9.17) is 18.9 Å². The highest BCUT2D eigenvalue weighted by Gasteiger charge is 2.35. The first kappa shape index (κ1) is 26.3. The predicted molar refractivity (Wildman–Crippen MR) is 133 cm³/mol. The Hall–Kier alpha value is -3.26. The highest BCUT2D eigenvalue weighted by Crippen LogP contribution is 2.35. The van der Waals surface area contributed by atoms with Crippen LogP contribution in [0.1, 0.15) is 49.5 Å². The summed E-state index contributed by atoms with van der Waals surface area (Å²) in [6, 6.07) is 13.1. The molecule has 2 amide bonds. The number of hydrogen-bond donors (Lipinski definition) is 2. The summed E-state index contributed by atoms with van der Waals surface area (Å²) >= 11 is 0. The van der Waals surface area contributed by atoms with E-state index in [2.05, 4.69) is 22.8 Å². The molecule has 0 aliphatic carbocycles. The first-order valence-corrected chi connectivity index (χ1v) is 12.1. The lowest BCUT2D eigenvalue weighted by Crippen LogP contribution is -2.44. The largest absolute Gasteiger partial charge is 0.494 e. The average Bonchev–Trinajstić information content (AvgIpc) is 2.86. The highest BCUT2D eigenvalue weighted by atomic mass is 16.5. The van der Waals surface area contributed by atoms with Crippen molar-refractivity contribution >= 4 is 11.8 Å². The fourth-order valence-corrected chi connectivity index (χ4v) is 4.19. The summed E-state index contributed by atoms with van der Waals surface area (Å²) in [5.41, 5.74) is 1.40. The van der Waals surface area contributed by atoms with E-state index < -0.39 is 0 Å². The number of ether oxygens (including phenoxy) is 4. The van der Waals surface area contributed by atoms with E-state index in [0.29, 0.717) is 43.4 Å². The molecule has 0 atom stereocenters. The second-order valence-corrected chi connectivity index (χ2v) is 8.91. The minimum Gasteiger partial charge on any atom is -0.494 e. The van der Waals surface area contributed by atoms with Crippen LogP contribution in [-0.4, -0.2) is 57.9 Å². The van der Waals surface area contributed by atoms with Crippen LogP contribution >= 0.6 is 0 Å². The van der Waals surface area contributed by atoms with Crippen LogP contribution in [0, 0.1) is 0 Å². The van der Waals surface area contributed by atoms with Gasteiger partial charge in [0.15, 0.2) is 18.1 Å². The van der Waals surface area contributed by atoms with E-state index in [1.165, 1.54) is 7.11 Å². The Labute approximate surface area is 207 Å². The summed E-state index contributed by atoms with van der Waals surface area (Å²) in [4.78, 5) is 24.9. The van der Waals surface area contributed by atoms with Crippen molar-refractivity contribution in [2.75, 3.05) is 40.1 Å². The molecule has 8 heteroatoms. The molecule has 1 aliphatic heterocycles. The summed E-state index contributed by atoms with van der Waals surface area (Å²) in [6.07, 6.45) is 1.63. The van der Waals surface area contributed by atoms with Crippen molar-refractivity contribution in [3.8, 4) is 17.2 Å². The molecule has 1 aliphatic rings. The summed E-state index contributed by atoms with van der Waals surface area (Å²) in [6.45, 7) is 7.98. The van der Waals surface area contributed by atoms with Crippen molar-refractivity contribution in [1.29, 1.82) is 0 Å². The molecule has 0 unspecified atom stereocenters. The van der Waals surface area contributed by atoms with Crippen LogP contribution in [0.5, 0.6) is 17.2 Å². The third-order valence-electron chi connectivity index (χ3n) is 6.05. The summed E-state index contributed by atoms with van der Waals surface area (Å²) < 4.78 is 22.2. The molecule has 1 fully saturated rings. The number of amides is 2. The Morgan fingerprint density at radius 1 is 1.03 bits per heavy atom. The lowest BCUT2D eigenvalue weighted by atomic mass is 9.74. The van der Waals surface area contributed by atoms with Gasteiger partial charge in [0, 0.05) is 36.8 Å². The molecular formula is C27H36N2O6. The number of carbonyl (C=O) groups excluding carboxylic acids is 2. The smallest absolute Gasteiger partial charge is 0.258 e. The van der Waals surface area contributed by atoms with Crippen LogP contribution in [0.3, 0.4) is 0 Å². The molecule has 0 radical (unpaired) electrons. The van der Waals surface area contributed by atoms with Crippen molar-refractivity contribution in [3.63, 3.8) is 0 Å². The van der Waals surface area contributed by atoms with Gasteiger partial charge < -0.3 is 29.6 Å². The summed E-state index contributed by atoms with van der Waals surface area (Å²) in [5.74, 6) is 1.20. The second-order valence-electron chi connectivity index (χ2n) is 8.91. The van der Waals surface area contributed by atoms with Crippen LogP contribution in [0.4, 0.5) is 0 Å². The number of benzene rings is 2. The van der Waals surface area contributed by atoms with Gasteiger partial charge in [0.1, 0.15) is 5.75 Å². The van der Waals surface area contributed by atoms with Gasteiger partial charge in [-0.25, -0.2) is 0 Å². The number of hydrogen-bond acceptors (Lipinski definition) is 6. The maximum Gasteiger partial charge on any atom is 0.258 e. The number of carbonyl (C=O) groups is 2. The Balaban J connectivity index is 1.68. The molecule has 1 saturated heterocycles. The van der Waals surface area contributed by atoms with Gasteiger partial charge in [-0.1, -0.05) is 12.1 Å². The molecule has 2 N–H and O–H groups in total. The third kappa shape index (κ3) is 7.11. The van der Waals surface area contributed by atoms with Gasteiger partial charge in [0.2, 0.25) is 0 Å². The SMILES string of the molecule is CCOc1ccc(C2(CNC(=O)c3ccc(OCC(=O)NC(C)C)c(OC)c3)CCOCC2)cc1. The van der Waals surface area contributed by atoms with Crippen LogP contribution in [0.15, 0.2) is 42.5 Å². The fourth-order valence-electron chi connectivity index (χ4n) is 4.19. The molecule has 0 bridgehead atoms. The van der Waals surface area contributed by atoms with Crippen LogP contribution in [-0.2, 0) is 14.9 Å². The van der Waals surface area contributed by atoms with E-state index >= 15 is 0 Å². The van der Waals surface area contributed by atoms with Gasteiger partial charge in [-0.05, 0) is 69.5 Å². The zero-order valence-electron chi connectivity index (χ0n) is 21.0. The first-order valence-electron chi connectivity index (χ1n) is 12.1. The van der Waals surface area contributed by atoms with Crippen LogP contribution in [0.2, 0.25) is 0 Å². The molecule has 0 spiro atoms. The lowest BCUT2D eigenvalue weighted by Gasteiger charge is -2.38. The van der Waals surface area contributed by atoms with E-state index in [1.807, 2.05) is 32.9 Å². The zero-order valence-corrected chi connectivity index (χ0v) is 21.0. The standard InChI is InChI=1S/C27H36N2O6/c1-5-34-22-9-7-21(8-10-22)27(12-14-33-15-13-27)18-28-26(31)20-6-11-23(24(16-20)32-4)35-17-25(30)29-19(2)3/h6-11,16,19H,5,12-15,17-18H2,1-4H3,(H,28,31)(H,29,30). The van der Waals surface area contributed by atoms with Crippen molar-refractivity contribution in [3.05, 3.63) is 53.6 Å². The molecule has 0 saturated carbocycles. The number of methoxy groups -OCH3 is 1. The Morgan fingerprint density at radius 3 is 2.37 bits per heavy atom. The molecule has 2 aromatic carbocycles. The Morgan fingerprint density at radius 2 is 1.74 bits per heavy atom. The molecular weight excluding hydrogens is 448 g/mol. The van der Waals surface area contributed by atoms with Crippen LogP contribution in [0.25, 0.3) is 0 Å². The van der Waals surface area contributed by atoms with Crippen molar-refractivity contribution in [1.82, 2.24) is 10.6 Å². The van der Waals surface area contributed by atoms with E-state index in [9.17, 15) is 9.59 Å². The molecule has 1 heterocycles. The van der Waals surface area contributed by atoms with Gasteiger partial charge in [-0.3, -0.25) is 9.59 Å². The quantitative estimate of drug-likeness (QED) is 0.507. The van der Waals surface area contributed by atoms with Gasteiger partial charge in [-0.2, -0.15) is 0 Å². The molecule has 35 heavy (non-hydrogen) atoms. The second kappa shape index (κ2) is 12.4. The first-order chi connectivity index (χ1) is 16.9. The van der Waals surface area contributed by atoms with Gasteiger partial charge in [0.25, 0.3) is 11.8 Å². The minimum atomic E-state index is -0.222. The highest BCUT2D eigenvalue weighted by molar-refractivity contribution is 5.95. The summed E-state index contributed by atoms with van der Waals surface area (Å²) in [5, 5.41) is 5.87. The van der Waals surface area contributed by atoms with Gasteiger partial charge in [-0.15, -0.1) is 0 Å². The lowest BCUT2D eigenvalue weighted by molar-refractivity contribution is -0.123. The molecule has 8 nitrogen and oxygen atoms in total. The molecule has 2 aromatic rings. The predicted octanol–water partition coefficient (Wildman–Crippen LogP) is 3.48. The van der Waals surface area contributed by atoms with Crippen LogP contribution < -0.4 is 24.8 Å². The van der Waals surface area contributed by atoms with E-state index in [1.54, 1.807) is 18.2 Å². The molecule has 0 aromatic heterocycles. The van der Waals surface area contributed by atoms with Gasteiger partial charge in [0.05, 0.1) is 13.7 Å². The topological polar surface area (TPSA) is 95.1 Å². The third-order valence-corrected chi connectivity index (χ3v) is 6.05. The Bertz CT molecular complexity index is 984. The maximum atomic E-state index is 13.0. The van der Waals surface area contributed by atoms with Gasteiger partial charge >= 0.3 is 0 Å². The van der Waals surface area contributed by atoms with E-state index in [0.717, 1.165) is 24.2 Å². The van der Waals surface area contributed by atoms with Crippen molar-refractivity contribution in [2.24, 2.45) is 0 Å². The van der Waals surface area contributed by atoms with Crippen molar-refractivity contribution < 1.29 is 28.5 Å². The number of rotatable bonds is 11. The minimum absolute atomic E-state index is 0.0284. The molecule has 190 valence electrons. The summed E-state index contributed by atoms with van der Waals surface area (Å²) in [7, 11) is 1.50. The average molecular weight is 485 g/mol. The normalized spacial score (nSPS) is 14.8. The zero-order chi connectivity index (χ0) is 25.3. The monoisotopic (exact) mass is 484 g/mol. The fraction of sp³-hybridized carbons (Fsp3) is 0.481. The van der Waals surface area contributed by atoms with Crippen molar-refractivity contribution in [2.45, 2.75) is 45.1 Å². The number of nitrogens with one attached hydrogen (secondary N) is 2. The van der Waals surface area contributed by atoms with E-state index in [-0.39, 0.29) is 29.9 Å².